The third kappa shape index (κ3) is 4.41. The lowest BCUT2D eigenvalue weighted by Gasteiger charge is -2.59. The lowest BCUT2D eigenvalue weighted by Crippen LogP contribution is -2.73. The normalized spacial score (nSPS) is 24.2. The smallest absolute Gasteiger partial charge is 0.253 e. The van der Waals surface area contributed by atoms with Gasteiger partial charge in [-0.1, -0.05) is 55.7 Å². The molecular weight excluding hydrogens is 454 g/mol. The van der Waals surface area contributed by atoms with Crippen molar-refractivity contribution >= 4 is 17.7 Å². The Balaban J connectivity index is 1.34. The van der Waals surface area contributed by atoms with Crippen molar-refractivity contribution in [3.05, 3.63) is 59.7 Å². The molecular formula is C29H35N3O4. The molecule has 2 aliphatic heterocycles. The van der Waals surface area contributed by atoms with Gasteiger partial charge in [0.2, 0.25) is 11.8 Å². The van der Waals surface area contributed by atoms with E-state index in [1.165, 1.54) is 6.42 Å². The second-order valence-electron chi connectivity index (χ2n) is 10.6. The SMILES string of the molecule is CN(C)C(=O)c1cccc(-c2ccc([C@@H]3[C@@H](CO)N4C(=O)CN(C(=O)C5CCCCC5)C[C@@H]34)cc2)c1. The van der Waals surface area contributed by atoms with Crippen LogP contribution in [0.25, 0.3) is 11.1 Å². The van der Waals surface area contributed by atoms with Crippen molar-refractivity contribution < 1.29 is 19.5 Å². The zero-order chi connectivity index (χ0) is 25.4. The number of amides is 3. The first-order valence-corrected chi connectivity index (χ1v) is 13.0. The second kappa shape index (κ2) is 10.1. The van der Waals surface area contributed by atoms with E-state index in [2.05, 4.69) is 0 Å². The Kier molecular flexibility index (Phi) is 6.84. The maximum absolute atomic E-state index is 13.2. The van der Waals surface area contributed by atoms with Crippen LogP contribution in [-0.2, 0) is 9.59 Å². The number of aliphatic hydroxyl groups is 1. The summed E-state index contributed by atoms with van der Waals surface area (Å²) in [4.78, 5) is 43.6. The van der Waals surface area contributed by atoms with Crippen molar-refractivity contribution in [2.75, 3.05) is 33.8 Å². The summed E-state index contributed by atoms with van der Waals surface area (Å²) in [6.45, 7) is 0.550. The van der Waals surface area contributed by atoms with Gasteiger partial charge in [0.1, 0.15) is 0 Å². The molecule has 2 heterocycles. The highest BCUT2D eigenvalue weighted by Crippen LogP contribution is 2.43. The number of rotatable bonds is 5. The summed E-state index contributed by atoms with van der Waals surface area (Å²) in [5.74, 6) is 0.0421. The Labute approximate surface area is 212 Å². The van der Waals surface area contributed by atoms with Gasteiger partial charge in [-0.25, -0.2) is 0 Å². The minimum Gasteiger partial charge on any atom is -0.394 e. The van der Waals surface area contributed by atoms with Gasteiger partial charge in [-0.15, -0.1) is 0 Å². The molecule has 1 N–H and O–H groups in total. The van der Waals surface area contributed by atoms with E-state index in [9.17, 15) is 19.5 Å². The standard InChI is InChI=1S/C29H35N3O4/c1-30(2)28(35)23-10-6-9-22(15-23)19-11-13-20(14-12-19)27-24-16-31(17-26(34)32(24)25(27)18-33)29(36)21-7-4-3-5-8-21/h6,9-15,21,24-25,27,33H,3-5,7-8,16-18H2,1-2H3/t24-,25+,27-/m0/s1. The molecule has 2 aromatic carbocycles. The molecule has 1 aliphatic carbocycles. The molecule has 0 aromatic heterocycles. The molecule has 0 spiro atoms. The fraction of sp³-hybridized carbons (Fsp3) is 0.483. The molecule has 7 nitrogen and oxygen atoms in total. The van der Waals surface area contributed by atoms with Crippen LogP contribution in [0.1, 0.15) is 53.9 Å². The number of hydrogen-bond donors (Lipinski definition) is 1. The average Bonchev–Trinajstić information content (AvgIpc) is 2.89. The van der Waals surface area contributed by atoms with Crippen LogP contribution in [0, 0.1) is 5.92 Å². The molecule has 190 valence electrons. The molecule has 7 heteroatoms. The highest BCUT2D eigenvalue weighted by Gasteiger charge is 2.54. The summed E-state index contributed by atoms with van der Waals surface area (Å²) < 4.78 is 0. The van der Waals surface area contributed by atoms with Gasteiger partial charge in [0.25, 0.3) is 5.91 Å². The molecule has 1 saturated carbocycles. The first kappa shape index (κ1) is 24.5. The molecule has 2 aromatic rings. The van der Waals surface area contributed by atoms with Gasteiger partial charge < -0.3 is 19.8 Å². The number of fused-ring (bicyclic) bond motifs is 1. The second-order valence-corrected chi connectivity index (χ2v) is 10.6. The van der Waals surface area contributed by atoms with Gasteiger partial charge in [-0.3, -0.25) is 14.4 Å². The number of aliphatic hydroxyl groups excluding tert-OH is 1. The molecule has 36 heavy (non-hydrogen) atoms. The summed E-state index contributed by atoms with van der Waals surface area (Å²) >= 11 is 0. The van der Waals surface area contributed by atoms with Gasteiger partial charge in [0.05, 0.1) is 25.2 Å². The van der Waals surface area contributed by atoms with Crippen molar-refractivity contribution in [3.63, 3.8) is 0 Å². The van der Waals surface area contributed by atoms with Gasteiger partial charge in [-0.2, -0.15) is 0 Å². The Morgan fingerprint density at radius 1 is 1.00 bits per heavy atom. The van der Waals surface area contributed by atoms with E-state index >= 15 is 0 Å². The van der Waals surface area contributed by atoms with Crippen LogP contribution in [0.15, 0.2) is 48.5 Å². The number of carbonyl (C=O) groups excluding carboxylic acids is 3. The Hall–Kier alpha value is -3.19. The highest BCUT2D eigenvalue weighted by atomic mass is 16.3. The molecule has 0 bridgehead atoms. The minimum absolute atomic E-state index is 0.0170. The first-order chi connectivity index (χ1) is 17.4. The van der Waals surface area contributed by atoms with Crippen molar-refractivity contribution in [2.45, 2.75) is 50.1 Å². The van der Waals surface area contributed by atoms with Crippen molar-refractivity contribution in [3.8, 4) is 11.1 Å². The molecule has 3 fully saturated rings. The van der Waals surface area contributed by atoms with Crippen LogP contribution in [0.5, 0.6) is 0 Å². The Morgan fingerprint density at radius 3 is 2.39 bits per heavy atom. The van der Waals surface area contributed by atoms with Crippen LogP contribution in [-0.4, -0.2) is 83.4 Å². The number of benzene rings is 2. The Morgan fingerprint density at radius 2 is 1.72 bits per heavy atom. The van der Waals surface area contributed by atoms with E-state index in [0.717, 1.165) is 42.4 Å². The predicted molar refractivity (Wildman–Crippen MR) is 137 cm³/mol. The molecule has 0 unspecified atom stereocenters. The fourth-order valence-electron chi connectivity index (χ4n) is 6.26. The van der Waals surface area contributed by atoms with E-state index in [1.807, 2.05) is 48.5 Å². The minimum atomic E-state index is -0.263. The van der Waals surface area contributed by atoms with Crippen molar-refractivity contribution in [1.29, 1.82) is 0 Å². The van der Waals surface area contributed by atoms with Gasteiger partial charge in [-0.05, 0) is 41.7 Å². The van der Waals surface area contributed by atoms with E-state index in [4.69, 9.17) is 0 Å². The zero-order valence-electron chi connectivity index (χ0n) is 21.1. The molecule has 3 aliphatic rings. The lowest BCUT2D eigenvalue weighted by atomic mass is 9.73. The molecule has 3 amide bonds. The van der Waals surface area contributed by atoms with Crippen molar-refractivity contribution in [2.24, 2.45) is 5.92 Å². The Bertz CT molecular complexity index is 1140. The number of hydrogen-bond acceptors (Lipinski definition) is 4. The van der Waals surface area contributed by atoms with Gasteiger partial charge in [0.15, 0.2) is 0 Å². The fourth-order valence-corrected chi connectivity index (χ4v) is 6.26. The number of piperazine rings is 1. The van der Waals surface area contributed by atoms with E-state index in [-0.39, 0.29) is 54.8 Å². The topological polar surface area (TPSA) is 81.2 Å². The van der Waals surface area contributed by atoms with Crippen LogP contribution in [0.3, 0.4) is 0 Å². The molecule has 3 atom stereocenters. The quantitative estimate of drug-likeness (QED) is 0.700. The monoisotopic (exact) mass is 489 g/mol. The molecule has 5 rings (SSSR count). The maximum Gasteiger partial charge on any atom is 0.253 e. The first-order valence-electron chi connectivity index (χ1n) is 13.0. The third-order valence-corrected chi connectivity index (χ3v) is 8.16. The van der Waals surface area contributed by atoms with E-state index in [0.29, 0.717) is 12.1 Å². The molecule has 2 saturated heterocycles. The summed E-state index contributed by atoms with van der Waals surface area (Å²) in [7, 11) is 3.48. The largest absolute Gasteiger partial charge is 0.394 e. The third-order valence-electron chi connectivity index (χ3n) is 8.16. The van der Waals surface area contributed by atoms with Crippen molar-refractivity contribution in [1.82, 2.24) is 14.7 Å². The summed E-state index contributed by atoms with van der Waals surface area (Å²) in [6.07, 6.45) is 5.20. The lowest BCUT2D eigenvalue weighted by molar-refractivity contribution is -0.168. The van der Waals surface area contributed by atoms with Crippen LogP contribution >= 0.6 is 0 Å². The highest BCUT2D eigenvalue weighted by molar-refractivity contribution is 5.95. The van der Waals surface area contributed by atoms with Crippen LogP contribution in [0.4, 0.5) is 0 Å². The number of nitrogens with zero attached hydrogens (tertiary/aromatic N) is 3. The predicted octanol–water partition coefficient (Wildman–Crippen LogP) is 3.13. The maximum atomic E-state index is 13.2. The molecule has 0 radical (unpaired) electrons. The average molecular weight is 490 g/mol. The number of carbonyl (C=O) groups is 3. The zero-order valence-corrected chi connectivity index (χ0v) is 21.1. The summed E-state index contributed by atoms with van der Waals surface area (Å²) in [5, 5.41) is 10.1. The van der Waals surface area contributed by atoms with E-state index in [1.54, 1.807) is 28.8 Å². The van der Waals surface area contributed by atoms with E-state index < -0.39 is 0 Å². The summed E-state index contributed by atoms with van der Waals surface area (Å²) in [5.41, 5.74) is 3.65. The van der Waals surface area contributed by atoms with Crippen LogP contribution < -0.4 is 0 Å². The van der Waals surface area contributed by atoms with Crippen LogP contribution in [0.2, 0.25) is 0 Å². The van der Waals surface area contributed by atoms with Gasteiger partial charge >= 0.3 is 0 Å². The van der Waals surface area contributed by atoms with Gasteiger partial charge in [0, 0.05) is 38.0 Å². The summed E-state index contributed by atoms with van der Waals surface area (Å²) in [6, 6.07) is 15.4.